The first-order valence-electron chi connectivity index (χ1n) is 11.1. The molecule has 1 aliphatic heterocycles. The number of nitrogens with one attached hydrogen (secondary N) is 1. The number of nitrogens with zero attached hydrogens (tertiary/aromatic N) is 6. The summed E-state index contributed by atoms with van der Waals surface area (Å²) in [5.74, 6) is 1.03. The maximum absolute atomic E-state index is 8.36. The molecule has 0 aromatic carbocycles. The molecule has 0 amide bonds. The summed E-state index contributed by atoms with van der Waals surface area (Å²) in [6.45, 7) is 8.09. The third kappa shape index (κ3) is 5.07. The molecule has 5 rings (SSSR count). The third-order valence-electron chi connectivity index (χ3n) is 5.54. The molecule has 5 heterocycles. The number of fused-ring (bicyclic) bond motifs is 1. The molecule has 0 atom stereocenters. The van der Waals surface area contributed by atoms with Crippen molar-refractivity contribution in [3.05, 3.63) is 33.9 Å². The van der Waals surface area contributed by atoms with Gasteiger partial charge in [0.2, 0.25) is 5.89 Å². The van der Waals surface area contributed by atoms with Crippen LogP contribution in [0.4, 0.5) is 5.69 Å². The van der Waals surface area contributed by atoms with E-state index in [0.717, 1.165) is 70.5 Å². The van der Waals surface area contributed by atoms with Crippen molar-refractivity contribution in [2.24, 2.45) is 0 Å². The third-order valence-corrected chi connectivity index (χ3v) is 6.62. The summed E-state index contributed by atoms with van der Waals surface area (Å²) in [5.41, 5.74) is 3.60. The average Bonchev–Trinajstić information content (AvgIpc) is 3.54. The molecule has 1 saturated heterocycles. The van der Waals surface area contributed by atoms with Gasteiger partial charge >= 0.3 is 0 Å². The SMILES string of the molecule is CCn1ncc2c(NC3CCOCC3)c(-c3nnc(Cc4sc(C)nc4C)o3)cnc21.O=CO. The van der Waals surface area contributed by atoms with Crippen LogP contribution in [0.3, 0.4) is 0 Å². The van der Waals surface area contributed by atoms with Gasteiger partial charge in [-0.05, 0) is 33.6 Å². The highest BCUT2D eigenvalue weighted by Gasteiger charge is 2.22. The Morgan fingerprint density at radius 3 is 2.71 bits per heavy atom. The van der Waals surface area contributed by atoms with Gasteiger partial charge in [-0.25, -0.2) is 14.6 Å². The lowest BCUT2D eigenvalue weighted by molar-refractivity contribution is -0.122. The standard InChI is InChI=1S/C21H25N7O2S.CH2O2/c1-4-28-20-15(11-23-28)19(25-14-5-7-29-8-6-14)16(10-22-20)21-27-26-18(30-21)9-17-12(2)24-13(3)31-17;2-1-3/h10-11,14H,4-9H2,1-3H3,(H,22,25);1H,(H,2,3). The van der Waals surface area contributed by atoms with Crippen LogP contribution in [0.15, 0.2) is 16.8 Å². The highest BCUT2D eigenvalue weighted by molar-refractivity contribution is 7.11. The van der Waals surface area contributed by atoms with Gasteiger partial charge in [0.15, 0.2) is 5.65 Å². The molecule has 4 aromatic rings. The van der Waals surface area contributed by atoms with Crippen molar-refractivity contribution < 1.29 is 19.1 Å². The summed E-state index contributed by atoms with van der Waals surface area (Å²) in [6, 6.07) is 0.313. The fourth-order valence-electron chi connectivity index (χ4n) is 3.93. The number of carboxylic acid groups (broad SMARTS) is 1. The molecule has 2 N–H and O–H groups in total. The van der Waals surface area contributed by atoms with Crippen molar-refractivity contribution in [3.63, 3.8) is 0 Å². The molecule has 34 heavy (non-hydrogen) atoms. The van der Waals surface area contributed by atoms with Gasteiger partial charge in [-0.15, -0.1) is 21.5 Å². The quantitative estimate of drug-likeness (QED) is 0.390. The summed E-state index contributed by atoms with van der Waals surface area (Å²) in [7, 11) is 0. The Bertz CT molecular complexity index is 1260. The number of ether oxygens (including phenoxy) is 1. The Morgan fingerprint density at radius 1 is 1.26 bits per heavy atom. The van der Waals surface area contributed by atoms with Crippen molar-refractivity contribution >= 4 is 34.5 Å². The second-order valence-corrected chi connectivity index (χ2v) is 9.09. The summed E-state index contributed by atoms with van der Waals surface area (Å²) in [4.78, 5) is 18.6. The smallest absolute Gasteiger partial charge is 0.290 e. The minimum Gasteiger partial charge on any atom is -0.483 e. The fraction of sp³-hybridized carbons (Fsp3) is 0.455. The van der Waals surface area contributed by atoms with E-state index in [1.54, 1.807) is 17.5 Å². The summed E-state index contributed by atoms with van der Waals surface area (Å²) < 4.78 is 13.5. The Hall–Kier alpha value is -3.38. The van der Waals surface area contributed by atoms with E-state index >= 15 is 0 Å². The topological polar surface area (TPSA) is 141 Å². The predicted molar refractivity (Wildman–Crippen MR) is 127 cm³/mol. The second kappa shape index (κ2) is 10.7. The zero-order chi connectivity index (χ0) is 24.1. The molecule has 0 aliphatic carbocycles. The molecule has 1 fully saturated rings. The number of rotatable bonds is 6. The van der Waals surface area contributed by atoms with E-state index < -0.39 is 0 Å². The molecule has 180 valence electrons. The van der Waals surface area contributed by atoms with E-state index in [-0.39, 0.29) is 6.47 Å². The Labute approximate surface area is 200 Å². The monoisotopic (exact) mass is 485 g/mol. The van der Waals surface area contributed by atoms with Gasteiger partial charge in [-0.1, -0.05) is 0 Å². The highest BCUT2D eigenvalue weighted by Crippen LogP contribution is 2.35. The van der Waals surface area contributed by atoms with Crippen LogP contribution in [-0.4, -0.2) is 60.8 Å². The Balaban J connectivity index is 0.000000868. The van der Waals surface area contributed by atoms with E-state index in [9.17, 15) is 0 Å². The Morgan fingerprint density at radius 2 is 2.03 bits per heavy atom. The van der Waals surface area contributed by atoms with E-state index in [1.165, 1.54) is 0 Å². The molecule has 4 aromatic heterocycles. The number of hydrogen-bond donors (Lipinski definition) is 2. The lowest BCUT2D eigenvalue weighted by atomic mass is 10.1. The first-order chi connectivity index (χ1) is 16.5. The van der Waals surface area contributed by atoms with Crippen LogP contribution in [0, 0.1) is 13.8 Å². The van der Waals surface area contributed by atoms with Crippen molar-refractivity contribution in [3.8, 4) is 11.5 Å². The number of anilines is 1. The lowest BCUT2D eigenvalue weighted by Crippen LogP contribution is -2.28. The number of aromatic nitrogens is 6. The van der Waals surface area contributed by atoms with Crippen molar-refractivity contribution in [1.82, 2.24) is 29.9 Å². The number of pyridine rings is 1. The van der Waals surface area contributed by atoms with Gasteiger partial charge < -0.3 is 19.6 Å². The largest absolute Gasteiger partial charge is 0.483 e. The molecule has 0 saturated carbocycles. The minimum absolute atomic E-state index is 0.250. The summed E-state index contributed by atoms with van der Waals surface area (Å²) in [5, 5.41) is 25.7. The van der Waals surface area contributed by atoms with Crippen LogP contribution in [-0.2, 0) is 22.5 Å². The first-order valence-corrected chi connectivity index (χ1v) is 11.9. The van der Waals surface area contributed by atoms with Gasteiger partial charge in [0.25, 0.3) is 12.4 Å². The predicted octanol–water partition coefficient (Wildman–Crippen LogP) is 3.46. The zero-order valence-electron chi connectivity index (χ0n) is 19.3. The molecule has 0 spiro atoms. The number of hydrogen-bond acceptors (Lipinski definition) is 10. The van der Waals surface area contributed by atoms with Crippen LogP contribution in [0.5, 0.6) is 0 Å². The van der Waals surface area contributed by atoms with Crippen molar-refractivity contribution in [2.75, 3.05) is 18.5 Å². The zero-order valence-corrected chi connectivity index (χ0v) is 20.1. The van der Waals surface area contributed by atoms with Crippen LogP contribution in [0.1, 0.15) is 41.2 Å². The van der Waals surface area contributed by atoms with E-state index in [2.05, 4.69) is 37.5 Å². The maximum Gasteiger partial charge on any atom is 0.290 e. The van der Waals surface area contributed by atoms with Gasteiger partial charge in [0.1, 0.15) is 0 Å². The molecule has 0 bridgehead atoms. The fourth-order valence-corrected chi connectivity index (χ4v) is 4.86. The molecular weight excluding hydrogens is 458 g/mol. The Kier molecular flexibility index (Phi) is 7.48. The molecule has 0 unspecified atom stereocenters. The van der Waals surface area contributed by atoms with Gasteiger partial charge in [-0.3, -0.25) is 4.79 Å². The molecule has 0 radical (unpaired) electrons. The normalized spacial score (nSPS) is 14.1. The highest BCUT2D eigenvalue weighted by atomic mass is 32.1. The van der Waals surface area contributed by atoms with Crippen molar-refractivity contribution in [2.45, 2.75) is 52.6 Å². The number of thiazole rings is 1. The van der Waals surface area contributed by atoms with Crippen LogP contribution >= 0.6 is 11.3 Å². The molecule has 1 aliphatic rings. The van der Waals surface area contributed by atoms with E-state index in [0.29, 0.717) is 24.2 Å². The number of aryl methyl sites for hydroxylation is 3. The van der Waals surface area contributed by atoms with Gasteiger partial charge in [0.05, 0.1) is 40.0 Å². The second-order valence-electron chi connectivity index (χ2n) is 7.80. The van der Waals surface area contributed by atoms with Crippen LogP contribution in [0.2, 0.25) is 0 Å². The minimum atomic E-state index is -0.250. The lowest BCUT2D eigenvalue weighted by Gasteiger charge is -2.25. The van der Waals surface area contributed by atoms with Gasteiger partial charge in [-0.2, -0.15) is 5.10 Å². The van der Waals surface area contributed by atoms with Crippen LogP contribution < -0.4 is 5.32 Å². The van der Waals surface area contributed by atoms with Gasteiger partial charge in [0, 0.05) is 36.9 Å². The van der Waals surface area contributed by atoms with E-state index in [1.807, 2.05) is 24.7 Å². The molecular formula is C22H27N7O4S. The maximum atomic E-state index is 8.36. The average molecular weight is 486 g/mol. The first kappa shape index (κ1) is 23.8. The van der Waals surface area contributed by atoms with E-state index in [4.69, 9.17) is 19.1 Å². The molecule has 12 heteroatoms. The number of carbonyl (C=O) groups is 1. The molecule has 11 nitrogen and oxygen atoms in total. The summed E-state index contributed by atoms with van der Waals surface area (Å²) in [6.07, 6.45) is 6.14. The van der Waals surface area contributed by atoms with Crippen molar-refractivity contribution in [1.29, 1.82) is 0 Å². The van der Waals surface area contributed by atoms with Crippen LogP contribution in [0.25, 0.3) is 22.5 Å². The summed E-state index contributed by atoms with van der Waals surface area (Å²) >= 11 is 1.66.